The molecule has 1 aromatic heterocycles. The number of carboxylic acid groups (broad SMARTS) is 4. The molecule has 0 amide bonds. The van der Waals surface area contributed by atoms with E-state index in [1.54, 1.807) is 12.5 Å². The van der Waals surface area contributed by atoms with Gasteiger partial charge in [0, 0.05) is 0 Å². The van der Waals surface area contributed by atoms with Gasteiger partial charge in [-0.1, -0.05) is 0 Å². The Labute approximate surface area is 72.5 Å². The molecule has 0 aliphatic heterocycles. The van der Waals surface area contributed by atoms with Gasteiger partial charge in [-0.2, -0.15) is 0 Å². The maximum atomic E-state index is 8.56. The van der Waals surface area contributed by atoms with Crippen LogP contribution in [0.1, 0.15) is 0 Å². The third-order valence-corrected chi connectivity index (χ3v) is 0.425. The molecule has 0 saturated heterocycles. The van der Waals surface area contributed by atoms with E-state index in [-0.39, 0.29) is 0 Å². The second-order valence-electron chi connectivity index (χ2n) is 1.36. The summed E-state index contributed by atoms with van der Waals surface area (Å²) in [6, 6.07) is 3.67. The third kappa shape index (κ3) is 75.5. The largest absolute Gasteiger partial charge is 0.503 e. The second kappa shape index (κ2) is 9.82. The van der Waals surface area contributed by atoms with Gasteiger partial charge in [-0.25, -0.2) is 9.59 Å². The topological polar surface area (TPSA) is 128 Å². The van der Waals surface area contributed by atoms with E-state index in [1.807, 2.05) is 12.1 Å². The summed E-state index contributed by atoms with van der Waals surface area (Å²) in [5, 5.41) is 27.9. The van der Waals surface area contributed by atoms with Crippen LogP contribution >= 0.6 is 0 Å². The molecule has 0 atom stereocenters. The van der Waals surface area contributed by atoms with Crippen molar-refractivity contribution < 1.29 is 34.4 Å². The highest BCUT2D eigenvalue weighted by atomic mass is 16.6. The first-order valence-electron chi connectivity index (χ1n) is 2.77. The molecule has 13 heavy (non-hydrogen) atoms. The Bertz CT molecular complexity index is 178. The van der Waals surface area contributed by atoms with Crippen molar-refractivity contribution in [1.82, 2.24) is 0 Å². The number of furan rings is 1. The molecule has 1 aromatic rings. The number of hydrogen-bond acceptors (Lipinski definition) is 3. The highest BCUT2D eigenvalue weighted by Gasteiger charge is 1.70. The van der Waals surface area contributed by atoms with Gasteiger partial charge in [-0.05, 0) is 12.1 Å². The summed E-state index contributed by atoms with van der Waals surface area (Å²) >= 11 is 0. The number of rotatable bonds is 0. The lowest BCUT2D eigenvalue weighted by molar-refractivity contribution is 0.135. The predicted molar refractivity (Wildman–Crippen MR) is 40.0 cm³/mol. The molecule has 7 nitrogen and oxygen atoms in total. The van der Waals surface area contributed by atoms with Crippen molar-refractivity contribution in [3.05, 3.63) is 24.7 Å². The summed E-state index contributed by atoms with van der Waals surface area (Å²) in [4.78, 5) is 17.1. The van der Waals surface area contributed by atoms with E-state index in [1.165, 1.54) is 0 Å². The fraction of sp³-hybridized carbons (Fsp3) is 0. The summed E-state index contributed by atoms with van der Waals surface area (Å²) in [6.07, 6.45) is -0.417. The Morgan fingerprint density at radius 2 is 1.08 bits per heavy atom. The molecule has 4 N–H and O–H groups in total. The van der Waals surface area contributed by atoms with Crippen LogP contribution in [0.3, 0.4) is 0 Å². The summed E-state index contributed by atoms with van der Waals surface area (Å²) in [7, 11) is 0. The van der Waals surface area contributed by atoms with Crippen LogP contribution < -0.4 is 0 Å². The molecular formula is C6H8O7. The Balaban J connectivity index is 0. The van der Waals surface area contributed by atoms with Gasteiger partial charge >= 0.3 is 12.3 Å². The van der Waals surface area contributed by atoms with E-state index in [0.717, 1.165) is 0 Å². The van der Waals surface area contributed by atoms with E-state index in [4.69, 9.17) is 30.0 Å². The van der Waals surface area contributed by atoms with Crippen molar-refractivity contribution in [1.29, 1.82) is 0 Å². The molecule has 1 rings (SSSR count). The molecule has 0 aliphatic rings. The monoisotopic (exact) mass is 192 g/mol. The number of hydrogen-bond donors (Lipinski definition) is 4. The summed E-state index contributed by atoms with van der Waals surface area (Å²) < 4.78 is 4.58. The second-order valence-corrected chi connectivity index (χ2v) is 1.36. The minimum Gasteiger partial charge on any atom is -0.473 e. The summed E-state index contributed by atoms with van der Waals surface area (Å²) in [5.74, 6) is 0. The van der Waals surface area contributed by atoms with Crippen LogP contribution in [0.5, 0.6) is 0 Å². The molecule has 0 unspecified atom stereocenters. The lowest BCUT2D eigenvalue weighted by Crippen LogP contribution is -1.81. The molecule has 0 fully saturated rings. The van der Waals surface area contributed by atoms with Crippen molar-refractivity contribution in [2.75, 3.05) is 0 Å². The average molecular weight is 192 g/mol. The van der Waals surface area contributed by atoms with Gasteiger partial charge in [-0.15, -0.1) is 0 Å². The van der Waals surface area contributed by atoms with Crippen molar-refractivity contribution in [2.24, 2.45) is 0 Å². The highest BCUT2D eigenvalue weighted by Crippen LogP contribution is 1.79. The van der Waals surface area contributed by atoms with Gasteiger partial charge in [-0.3, -0.25) is 0 Å². The minimum absolute atomic E-state index is 1.62. The van der Waals surface area contributed by atoms with Gasteiger partial charge in [0.05, 0.1) is 12.5 Å². The fourth-order valence-corrected chi connectivity index (χ4v) is 0.227. The Kier molecular flexibility index (Phi) is 10.1. The van der Waals surface area contributed by atoms with Gasteiger partial charge in [0.25, 0.3) is 0 Å². The van der Waals surface area contributed by atoms with Crippen LogP contribution in [0.4, 0.5) is 9.59 Å². The van der Waals surface area contributed by atoms with Gasteiger partial charge in [0.1, 0.15) is 0 Å². The molecule has 0 aliphatic carbocycles. The van der Waals surface area contributed by atoms with E-state index in [0.29, 0.717) is 0 Å². The van der Waals surface area contributed by atoms with E-state index in [2.05, 4.69) is 4.42 Å². The lowest BCUT2D eigenvalue weighted by atomic mass is 10.7. The van der Waals surface area contributed by atoms with Crippen LogP contribution in [0.2, 0.25) is 0 Å². The third-order valence-electron chi connectivity index (χ3n) is 0.425. The van der Waals surface area contributed by atoms with Crippen LogP contribution in [-0.4, -0.2) is 32.7 Å². The van der Waals surface area contributed by atoms with E-state index < -0.39 is 12.3 Å². The molecule has 0 radical (unpaired) electrons. The van der Waals surface area contributed by atoms with Crippen molar-refractivity contribution in [2.45, 2.75) is 0 Å². The summed E-state index contributed by atoms with van der Waals surface area (Å²) in [5.41, 5.74) is 0. The van der Waals surface area contributed by atoms with Crippen LogP contribution in [0.25, 0.3) is 0 Å². The van der Waals surface area contributed by atoms with E-state index >= 15 is 0 Å². The average Bonchev–Trinajstić information content (AvgIpc) is 2.35. The van der Waals surface area contributed by atoms with Crippen LogP contribution in [0.15, 0.2) is 29.1 Å². The highest BCUT2D eigenvalue weighted by molar-refractivity contribution is 5.53. The summed E-state index contributed by atoms with van der Waals surface area (Å²) in [6.45, 7) is 0. The fourth-order valence-electron chi connectivity index (χ4n) is 0.227. The maximum Gasteiger partial charge on any atom is 0.503 e. The smallest absolute Gasteiger partial charge is 0.473 e. The standard InChI is InChI=1S/C4H4O.2CH2O3/c1-2-4-5-3-1;2*2-1(3)4/h1-4H;2*(H2,2,3,4). The zero-order valence-electron chi connectivity index (χ0n) is 6.32. The number of carbonyl (C=O) groups is 2. The molecule has 1 heterocycles. The first-order valence-corrected chi connectivity index (χ1v) is 2.77. The van der Waals surface area contributed by atoms with E-state index in [9.17, 15) is 0 Å². The molecule has 0 aromatic carbocycles. The molecule has 7 heteroatoms. The normalized spacial score (nSPS) is 6.77. The van der Waals surface area contributed by atoms with Crippen LogP contribution in [-0.2, 0) is 0 Å². The van der Waals surface area contributed by atoms with Crippen molar-refractivity contribution in [3.8, 4) is 0 Å². The minimum atomic E-state index is -1.83. The van der Waals surface area contributed by atoms with Crippen molar-refractivity contribution in [3.63, 3.8) is 0 Å². The molecule has 0 spiro atoms. The van der Waals surface area contributed by atoms with Gasteiger partial charge < -0.3 is 24.8 Å². The zero-order valence-corrected chi connectivity index (χ0v) is 6.32. The Morgan fingerprint density at radius 1 is 0.846 bits per heavy atom. The quantitative estimate of drug-likeness (QED) is 0.492. The molecule has 0 saturated carbocycles. The molecule has 74 valence electrons. The maximum absolute atomic E-state index is 8.56. The SMILES string of the molecule is O=C(O)O.O=C(O)O.c1ccoc1. The van der Waals surface area contributed by atoms with Gasteiger partial charge in [0.15, 0.2) is 0 Å². The lowest BCUT2D eigenvalue weighted by Gasteiger charge is -1.60. The Hall–Kier alpha value is -2.18. The molecule has 0 bridgehead atoms. The first kappa shape index (κ1) is 13.4. The van der Waals surface area contributed by atoms with Crippen LogP contribution in [0, 0.1) is 0 Å². The zero-order chi connectivity index (χ0) is 10.7. The first-order chi connectivity index (χ1) is 5.96. The van der Waals surface area contributed by atoms with Crippen molar-refractivity contribution >= 4 is 12.3 Å². The van der Waals surface area contributed by atoms with Gasteiger partial charge in [0.2, 0.25) is 0 Å². The Morgan fingerprint density at radius 3 is 1.15 bits per heavy atom. The predicted octanol–water partition coefficient (Wildman–Crippen LogP) is 1.72. The molecular weight excluding hydrogens is 184 g/mol.